The molecule has 1 N–H and O–H groups in total. The molecule has 0 saturated carbocycles. The van der Waals surface area contributed by atoms with Crippen LogP contribution in [-0.2, 0) is 9.97 Å². The molecule has 1 aromatic rings. The second-order valence-corrected chi connectivity index (χ2v) is 5.84. The highest BCUT2D eigenvalue weighted by atomic mass is 127. The molecular formula is C10H12IN. The molecule has 0 aliphatic carbocycles. The monoisotopic (exact) mass is 273 g/mol. The van der Waals surface area contributed by atoms with E-state index in [4.69, 9.17) is 0 Å². The minimum Gasteiger partial charge on any atom is -0.311 e. The Hall–Kier alpha value is -0.0900. The van der Waals surface area contributed by atoms with Gasteiger partial charge in [-0.15, -0.1) is 0 Å². The lowest BCUT2D eigenvalue weighted by atomic mass is 9.92. The Kier molecular flexibility index (Phi) is 2.12. The van der Waals surface area contributed by atoms with Gasteiger partial charge in [0.15, 0.2) is 0 Å². The Morgan fingerprint density at radius 2 is 2.17 bits per heavy atom. The molecule has 2 rings (SSSR count). The Morgan fingerprint density at radius 1 is 1.42 bits per heavy atom. The van der Waals surface area contributed by atoms with Gasteiger partial charge in [-0.1, -0.05) is 46.9 Å². The van der Waals surface area contributed by atoms with E-state index in [1.807, 2.05) is 0 Å². The summed E-state index contributed by atoms with van der Waals surface area (Å²) in [4.78, 5) is 0. The molecule has 0 fully saturated rings. The third kappa shape index (κ3) is 1.38. The van der Waals surface area contributed by atoms with Gasteiger partial charge in [0.05, 0.1) is 3.42 Å². The number of hydrogen-bond donors (Lipinski definition) is 1. The van der Waals surface area contributed by atoms with Crippen LogP contribution in [0.4, 0.5) is 0 Å². The zero-order valence-corrected chi connectivity index (χ0v) is 9.26. The zero-order valence-electron chi connectivity index (χ0n) is 7.10. The maximum Gasteiger partial charge on any atom is 0.0569 e. The quantitative estimate of drug-likeness (QED) is 0.565. The molecule has 1 aliphatic heterocycles. The van der Waals surface area contributed by atoms with Gasteiger partial charge < -0.3 is 5.32 Å². The molecule has 1 unspecified atom stereocenters. The Bertz CT molecular complexity index is 294. The van der Waals surface area contributed by atoms with E-state index in [2.05, 4.69) is 59.1 Å². The molecule has 0 bridgehead atoms. The Balaban J connectivity index is 2.52. The molecule has 1 nitrogen and oxygen atoms in total. The van der Waals surface area contributed by atoms with Gasteiger partial charge >= 0.3 is 0 Å². The normalized spacial score (nSPS) is 28.2. The van der Waals surface area contributed by atoms with Crippen LogP contribution in [0, 0.1) is 0 Å². The second kappa shape index (κ2) is 3.00. The largest absolute Gasteiger partial charge is 0.311 e. The van der Waals surface area contributed by atoms with Gasteiger partial charge in [-0.3, -0.25) is 0 Å². The van der Waals surface area contributed by atoms with Crippen LogP contribution in [0.1, 0.15) is 18.1 Å². The summed E-state index contributed by atoms with van der Waals surface area (Å²) in [5, 5.41) is 3.42. The van der Waals surface area contributed by atoms with Crippen LogP contribution in [0.5, 0.6) is 0 Å². The van der Waals surface area contributed by atoms with Crippen LogP contribution in [-0.4, -0.2) is 6.54 Å². The number of hydrogen-bond acceptors (Lipinski definition) is 1. The maximum absolute atomic E-state index is 3.42. The van der Waals surface area contributed by atoms with Crippen molar-refractivity contribution >= 4 is 22.6 Å². The molecule has 1 atom stereocenters. The van der Waals surface area contributed by atoms with Gasteiger partial charge in [0.2, 0.25) is 0 Å². The summed E-state index contributed by atoms with van der Waals surface area (Å²) < 4.78 is 0.270. The third-order valence-electron chi connectivity index (χ3n) is 2.35. The maximum atomic E-state index is 3.42. The molecule has 1 aliphatic rings. The molecule has 1 heterocycles. The first-order valence-electron chi connectivity index (χ1n) is 4.18. The highest BCUT2D eigenvalue weighted by molar-refractivity contribution is 14.1. The van der Waals surface area contributed by atoms with Crippen LogP contribution < -0.4 is 5.32 Å². The van der Waals surface area contributed by atoms with Gasteiger partial charge in [0, 0.05) is 13.1 Å². The van der Waals surface area contributed by atoms with Crippen molar-refractivity contribution in [3.63, 3.8) is 0 Å². The fourth-order valence-corrected chi connectivity index (χ4v) is 2.51. The lowest BCUT2D eigenvalue weighted by molar-refractivity contribution is 0.553. The van der Waals surface area contributed by atoms with Gasteiger partial charge in [-0.05, 0) is 18.1 Å². The molecule has 0 saturated heterocycles. The second-order valence-electron chi connectivity index (χ2n) is 3.46. The first kappa shape index (κ1) is 8.51. The van der Waals surface area contributed by atoms with Gasteiger partial charge in [0.25, 0.3) is 0 Å². The van der Waals surface area contributed by atoms with Crippen LogP contribution in [0.25, 0.3) is 0 Å². The van der Waals surface area contributed by atoms with Crippen LogP contribution in [0.3, 0.4) is 0 Å². The van der Waals surface area contributed by atoms with Crippen molar-refractivity contribution in [2.24, 2.45) is 0 Å². The molecule has 0 amide bonds. The molecule has 2 heteroatoms. The number of rotatable bonds is 0. The van der Waals surface area contributed by atoms with Crippen LogP contribution >= 0.6 is 22.6 Å². The van der Waals surface area contributed by atoms with E-state index < -0.39 is 0 Å². The first-order chi connectivity index (χ1) is 5.70. The summed E-state index contributed by atoms with van der Waals surface area (Å²) in [5.41, 5.74) is 2.94. The molecule has 1 aromatic carbocycles. The van der Waals surface area contributed by atoms with E-state index in [1.165, 1.54) is 11.1 Å². The summed E-state index contributed by atoms with van der Waals surface area (Å²) in [5.74, 6) is 0. The summed E-state index contributed by atoms with van der Waals surface area (Å²) in [6, 6.07) is 8.68. The van der Waals surface area contributed by atoms with Crippen molar-refractivity contribution in [3.05, 3.63) is 35.4 Å². The fourth-order valence-electron chi connectivity index (χ4n) is 1.71. The molecule has 0 spiro atoms. The van der Waals surface area contributed by atoms with E-state index in [-0.39, 0.29) is 3.42 Å². The number of nitrogens with one attached hydrogen (secondary N) is 1. The average Bonchev–Trinajstić information content (AvgIpc) is 2.04. The summed E-state index contributed by atoms with van der Waals surface area (Å²) in [6.45, 7) is 4.37. The smallest absolute Gasteiger partial charge is 0.0569 e. The minimum atomic E-state index is 0.270. The van der Waals surface area contributed by atoms with Crippen molar-refractivity contribution in [2.75, 3.05) is 6.54 Å². The predicted molar refractivity (Wildman–Crippen MR) is 59.5 cm³/mol. The van der Waals surface area contributed by atoms with Crippen molar-refractivity contribution in [1.29, 1.82) is 0 Å². The molecule has 12 heavy (non-hydrogen) atoms. The average molecular weight is 273 g/mol. The summed E-state index contributed by atoms with van der Waals surface area (Å²) in [7, 11) is 0. The Labute approximate surface area is 86.7 Å². The summed E-state index contributed by atoms with van der Waals surface area (Å²) >= 11 is 2.52. The number of halogens is 1. The highest BCUT2D eigenvalue weighted by Crippen LogP contribution is 2.35. The minimum absolute atomic E-state index is 0.270. The third-order valence-corrected chi connectivity index (χ3v) is 3.31. The molecule has 64 valence electrons. The fraction of sp³-hybridized carbons (Fsp3) is 0.400. The van der Waals surface area contributed by atoms with Crippen LogP contribution in [0.2, 0.25) is 0 Å². The number of fused-ring (bicyclic) bond motifs is 1. The van der Waals surface area contributed by atoms with Crippen molar-refractivity contribution in [1.82, 2.24) is 5.32 Å². The summed E-state index contributed by atoms with van der Waals surface area (Å²) in [6.07, 6.45) is 0. The molecule has 0 aromatic heterocycles. The van der Waals surface area contributed by atoms with E-state index in [9.17, 15) is 0 Å². The van der Waals surface area contributed by atoms with Gasteiger partial charge in [0.1, 0.15) is 0 Å². The highest BCUT2D eigenvalue weighted by Gasteiger charge is 2.27. The predicted octanol–water partition coefficient (Wildman–Crippen LogP) is 2.44. The van der Waals surface area contributed by atoms with Crippen molar-refractivity contribution < 1.29 is 0 Å². The molecular weight excluding hydrogens is 261 g/mol. The first-order valence-corrected chi connectivity index (χ1v) is 5.26. The van der Waals surface area contributed by atoms with Gasteiger partial charge in [-0.25, -0.2) is 0 Å². The van der Waals surface area contributed by atoms with E-state index in [0.717, 1.165) is 13.1 Å². The Morgan fingerprint density at radius 3 is 2.92 bits per heavy atom. The van der Waals surface area contributed by atoms with E-state index >= 15 is 0 Å². The number of alkyl halides is 1. The lowest BCUT2D eigenvalue weighted by Gasteiger charge is -2.31. The zero-order chi connectivity index (χ0) is 8.60. The molecule has 0 radical (unpaired) electrons. The SMILES string of the molecule is CC1(I)CNCc2ccccc21. The van der Waals surface area contributed by atoms with Crippen molar-refractivity contribution in [2.45, 2.75) is 16.9 Å². The lowest BCUT2D eigenvalue weighted by Crippen LogP contribution is -2.36. The number of benzene rings is 1. The standard InChI is InChI=1S/C10H12IN/c1-10(11)7-12-6-8-4-2-3-5-9(8)10/h2-5,12H,6-7H2,1H3. The van der Waals surface area contributed by atoms with Gasteiger partial charge in [-0.2, -0.15) is 0 Å². The van der Waals surface area contributed by atoms with Crippen molar-refractivity contribution in [3.8, 4) is 0 Å². The topological polar surface area (TPSA) is 12.0 Å². The van der Waals surface area contributed by atoms with E-state index in [0.29, 0.717) is 0 Å². The van der Waals surface area contributed by atoms with Crippen LogP contribution in [0.15, 0.2) is 24.3 Å². The van der Waals surface area contributed by atoms with E-state index in [1.54, 1.807) is 0 Å².